The van der Waals surface area contributed by atoms with Crippen LogP contribution in [0.2, 0.25) is 0 Å². The molecule has 0 spiro atoms. The van der Waals surface area contributed by atoms with Gasteiger partial charge in [-0.05, 0) is 39.5 Å². The average Bonchev–Trinajstić information content (AvgIpc) is 2.41. The second-order valence-corrected chi connectivity index (χ2v) is 5.91. The third kappa shape index (κ3) is 2.37. The smallest absolute Gasteiger partial charge is 0.249 e. The van der Waals surface area contributed by atoms with Gasteiger partial charge in [0.2, 0.25) is 11.8 Å². The van der Waals surface area contributed by atoms with Gasteiger partial charge in [0, 0.05) is 6.04 Å². The van der Waals surface area contributed by atoms with Gasteiger partial charge in [0.25, 0.3) is 0 Å². The van der Waals surface area contributed by atoms with Crippen LogP contribution in [0.5, 0.6) is 0 Å². The molecule has 4 nitrogen and oxygen atoms in total. The number of carbonyl (C=O) groups is 2. The second kappa shape index (κ2) is 5.51. The van der Waals surface area contributed by atoms with E-state index in [2.05, 4.69) is 19.2 Å². The van der Waals surface area contributed by atoms with Crippen molar-refractivity contribution in [3.05, 3.63) is 0 Å². The summed E-state index contributed by atoms with van der Waals surface area (Å²) in [6.07, 6.45) is 3.02. The number of hydrogen-bond donors (Lipinski definition) is 1. The Bertz CT molecular complexity index is 365. The molecule has 2 atom stereocenters. The molecule has 1 saturated heterocycles. The lowest BCUT2D eigenvalue weighted by Gasteiger charge is -2.52. The Morgan fingerprint density at radius 1 is 1.05 bits per heavy atom. The average molecular weight is 268 g/mol. The van der Waals surface area contributed by atoms with E-state index in [0.717, 1.165) is 12.8 Å². The molecule has 0 aromatic rings. The van der Waals surface area contributed by atoms with E-state index in [0.29, 0.717) is 12.8 Å². The lowest BCUT2D eigenvalue weighted by molar-refractivity contribution is -0.166. The van der Waals surface area contributed by atoms with E-state index in [1.807, 2.05) is 32.6 Å². The number of amides is 2. The fourth-order valence-electron chi connectivity index (χ4n) is 2.83. The first kappa shape index (κ1) is 16.0. The molecule has 1 aliphatic heterocycles. The van der Waals surface area contributed by atoms with E-state index in [-0.39, 0.29) is 17.9 Å². The van der Waals surface area contributed by atoms with Crippen LogP contribution in [0.15, 0.2) is 0 Å². The van der Waals surface area contributed by atoms with Crippen molar-refractivity contribution in [2.45, 2.75) is 84.3 Å². The van der Waals surface area contributed by atoms with Gasteiger partial charge in [-0.1, -0.05) is 27.7 Å². The Morgan fingerprint density at radius 3 is 1.95 bits per heavy atom. The molecule has 2 amide bonds. The Balaban J connectivity index is 3.30. The molecule has 2 unspecified atom stereocenters. The highest BCUT2D eigenvalue weighted by Gasteiger charge is 2.54. The van der Waals surface area contributed by atoms with Crippen molar-refractivity contribution in [1.82, 2.24) is 10.2 Å². The summed E-state index contributed by atoms with van der Waals surface area (Å²) in [5, 5.41) is 2.94. The molecule has 0 bridgehead atoms. The predicted molar refractivity (Wildman–Crippen MR) is 76.8 cm³/mol. The molecule has 0 aliphatic carbocycles. The molecule has 0 aromatic heterocycles. The largest absolute Gasteiger partial charge is 0.340 e. The molecule has 0 aromatic carbocycles. The summed E-state index contributed by atoms with van der Waals surface area (Å²) in [5.41, 5.74) is -1.48. The Labute approximate surface area is 116 Å². The normalized spacial score (nSPS) is 31.8. The summed E-state index contributed by atoms with van der Waals surface area (Å²) >= 11 is 0. The summed E-state index contributed by atoms with van der Waals surface area (Å²) < 4.78 is 0. The molecule has 1 fully saturated rings. The summed E-state index contributed by atoms with van der Waals surface area (Å²) in [7, 11) is 0. The highest BCUT2D eigenvalue weighted by atomic mass is 16.2. The van der Waals surface area contributed by atoms with Crippen LogP contribution in [0.25, 0.3) is 0 Å². The van der Waals surface area contributed by atoms with Gasteiger partial charge in [0.05, 0.1) is 0 Å². The summed E-state index contributed by atoms with van der Waals surface area (Å²) in [6, 6.07) is 0.134. The molecule has 0 radical (unpaired) electrons. The van der Waals surface area contributed by atoms with E-state index in [9.17, 15) is 9.59 Å². The van der Waals surface area contributed by atoms with Crippen molar-refractivity contribution in [3.8, 4) is 0 Å². The quantitative estimate of drug-likeness (QED) is 0.832. The minimum atomic E-state index is -0.756. The van der Waals surface area contributed by atoms with Crippen molar-refractivity contribution in [2.75, 3.05) is 0 Å². The number of hydrogen-bond acceptors (Lipinski definition) is 2. The number of nitrogens with zero attached hydrogens (tertiary/aromatic N) is 1. The van der Waals surface area contributed by atoms with Gasteiger partial charge in [-0.25, -0.2) is 0 Å². The van der Waals surface area contributed by atoms with Crippen LogP contribution >= 0.6 is 0 Å². The van der Waals surface area contributed by atoms with Crippen molar-refractivity contribution in [2.24, 2.45) is 0 Å². The van der Waals surface area contributed by atoms with Gasteiger partial charge in [-0.2, -0.15) is 0 Å². The third-order valence-electron chi connectivity index (χ3n) is 4.80. The van der Waals surface area contributed by atoms with Crippen LogP contribution < -0.4 is 5.32 Å². The monoisotopic (exact) mass is 268 g/mol. The zero-order valence-electron chi connectivity index (χ0n) is 13.2. The van der Waals surface area contributed by atoms with E-state index in [4.69, 9.17) is 0 Å². The molecule has 1 aliphatic rings. The zero-order chi connectivity index (χ0) is 14.8. The van der Waals surface area contributed by atoms with Gasteiger partial charge < -0.3 is 10.2 Å². The fraction of sp³-hybridized carbons (Fsp3) is 0.867. The molecular formula is C15H28N2O2. The first-order valence-corrected chi connectivity index (χ1v) is 7.47. The molecule has 1 N–H and O–H groups in total. The van der Waals surface area contributed by atoms with Gasteiger partial charge in [0.1, 0.15) is 11.1 Å². The van der Waals surface area contributed by atoms with Crippen LogP contribution in [0, 0.1) is 0 Å². The number of piperazine rings is 1. The van der Waals surface area contributed by atoms with Crippen LogP contribution in [-0.4, -0.2) is 33.8 Å². The van der Waals surface area contributed by atoms with E-state index < -0.39 is 11.1 Å². The van der Waals surface area contributed by atoms with E-state index in [1.165, 1.54) is 0 Å². The molecule has 110 valence electrons. The van der Waals surface area contributed by atoms with Crippen molar-refractivity contribution in [1.29, 1.82) is 0 Å². The van der Waals surface area contributed by atoms with Gasteiger partial charge >= 0.3 is 0 Å². The minimum absolute atomic E-state index is 0.0224. The predicted octanol–water partition coefficient (Wildman–Crippen LogP) is 2.47. The number of rotatable bonds is 5. The van der Waals surface area contributed by atoms with Gasteiger partial charge in [0.15, 0.2) is 0 Å². The highest BCUT2D eigenvalue weighted by Crippen LogP contribution is 2.33. The fourth-order valence-corrected chi connectivity index (χ4v) is 2.83. The zero-order valence-corrected chi connectivity index (χ0v) is 13.2. The first-order valence-electron chi connectivity index (χ1n) is 7.47. The molecule has 1 heterocycles. The summed E-state index contributed by atoms with van der Waals surface area (Å²) in [4.78, 5) is 27.2. The standard InChI is InChI=1S/C15H28N2O2/c1-7-11(8-2)17-13(19)14(5,9-3)16-12(18)15(17,6)10-4/h11H,7-10H2,1-6H3,(H,16,18). The number of carbonyl (C=O) groups excluding carboxylic acids is 2. The first-order chi connectivity index (χ1) is 8.80. The maximum absolute atomic E-state index is 12.9. The van der Waals surface area contributed by atoms with Crippen LogP contribution in [0.4, 0.5) is 0 Å². The summed E-state index contributed by atoms with van der Waals surface area (Å²) in [6.45, 7) is 11.8. The maximum atomic E-state index is 12.9. The van der Waals surface area contributed by atoms with Crippen LogP contribution in [-0.2, 0) is 9.59 Å². The Kier molecular flexibility index (Phi) is 4.64. The van der Waals surface area contributed by atoms with Crippen LogP contribution in [0.1, 0.15) is 67.2 Å². The van der Waals surface area contributed by atoms with Crippen molar-refractivity contribution >= 4 is 11.8 Å². The third-order valence-corrected chi connectivity index (χ3v) is 4.80. The lowest BCUT2D eigenvalue weighted by atomic mass is 9.82. The van der Waals surface area contributed by atoms with Gasteiger partial charge in [-0.15, -0.1) is 0 Å². The van der Waals surface area contributed by atoms with Gasteiger partial charge in [-0.3, -0.25) is 9.59 Å². The van der Waals surface area contributed by atoms with Crippen LogP contribution in [0.3, 0.4) is 0 Å². The molecule has 1 rings (SSSR count). The second-order valence-electron chi connectivity index (χ2n) is 5.91. The highest BCUT2D eigenvalue weighted by molar-refractivity contribution is 6.02. The lowest BCUT2D eigenvalue weighted by Crippen LogP contribution is -2.75. The molecular weight excluding hydrogens is 240 g/mol. The Morgan fingerprint density at radius 2 is 1.58 bits per heavy atom. The number of nitrogens with one attached hydrogen (secondary N) is 1. The van der Waals surface area contributed by atoms with Crippen molar-refractivity contribution < 1.29 is 9.59 Å². The minimum Gasteiger partial charge on any atom is -0.340 e. The molecule has 4 heteroatoms. The summed E-state index contributed by atoms with van der Waals surface area (Å²) in [5.74, 6) is 0.0403. The maximum Gasteiger partial charge on any atom is 0.249 e. The Hall–Kier alpha value is -1.06. The van der Waals surface area contributed by atoms with E-state index >= 15 is 0 Å². The SMILES string of the molecule is CCC(CC)N1C(=O)C(C)(CC)NC(=O)C1(C)CC. The molecule has 19 heavy (non-hydrogen) atoms. The van der Waals surface area contributed by atoms with E-state index in [1.54, 1.807) is 0 Å². The topological polar surface area (TPSA) is 49.4 Å². The van der Waals surface area contributed by atoms with Crippen molar-refractivity contribution in [3.63, 3.8) is 0 Å². The molecule has 0 saturated carbocycles.